The van der Waals surface area contributed by atoms with Crippen LogP contribution in [0.2, 0.25) is 0 Å². The van der Waals surface area contributed by atoms with Crippen LogP contribution in [0.1, 0.15) is 29.0 Å². The molecule has 2 rings (SSSR count). The summed E-state index contributed by atoms with van der Waals surface area (Å²) in [5, 5.41) is 18.8. The summed E-state index contributed by atoms with van der Waals surface area (Å²) in [7, 11) is 0. The minimum atomic E-state index is -0.990. The summed E-state index contributed by atoms with van der Waals surface area (Å²) in [4.78, 5) is 11.0. The fourth-order valence-corrected chi connectivity index (χ4v) is 2.27. The quantitative estimate of drug-likeness (QED) is 0.711. The summed E-state index contributed by atoms with van der Waals surface area (Å²) in [5.74, 6) is -1.75. The molecule has 0 saturated heterocycles. The maximum atomic E-state index is 11.0. The van der Waals surface area contributed by atoms with Gasteiger partial charge in [0.15, 0.2) is 0 Å². The molecule has 1 atom stereocenters. The van der Waals surface area contributed by atoms with Gasteiger partial charge in [-0.1, -0.05) is 6.07 Å². The second kappa shape index (κ2) is 4.14. The van der Waals surface area contributed by atoms with Crippen LogP contribution in [0.5, 0.6) is 5.75 Å². The van der Waals surface area contributed by atoms with Gasteiger partial charge in [-0.25, -0.2) is 0 Å². The first-order valence-corrected chi connectivity index (χ1v) is 5.41. The number of rotatable bonds is 3. The van der Waals surface area contributed by atoms with Gasteiger partial charge in [-0.15, -0.1) is 0 Å². The van der Waals surface area contributed by atoms with Crippen LogP contribution in [-0.4, -0.2) is 22.7 Å². The van der Waals surface area contributed by atoms with E-state index >= 15 is 0 Å². The van der Waals surface area contributed by atoms with Gasteiger partial charge in [0.2, 0.25) is 0 Å². The van der Waals surface area contributed by atoms with Crippen molar-refractivity contribution in [2.75, 3.05) is 6.54 Å². The number of fused-ring (bicyclic) bond motifs is 1. The van der Waals surface area contributed by atoms with Crippen molar-refractivity contribution >= 4 is 5.97 Å². The van der Waals surface area contributed by atoms with Crippen LogP contribution in [0.15, 0.2) is 12.1 Å². The predicted molar refractivity (Wildman–Crippen MR) is 59.6 cm³/mol. The Morgan fingerprint density at radius 3 is 2.56 bits per heavy atom. The number of hydrogen-bond acceptors (Lipinski definition) is 3. The van der Waals surface area contributed by atoms with E-state index in [-0.39, 0.29) is 12.3 Å². The van der Waals surface area contributed by atoms with E-state index in [9.17, 15) is 9.90 Å². The minimum absolute atomic E-state index is 0.00167. The molecule has 86 valence electrons. The Bertz CT molecular complexity index is 429. The number of carboxylic acids is 1. The molecule has 1 aliphatic carbocycles. The maximum Gasteiger partial charge on any atom is 0.312 e. The van der Waals surface area contributed by atoms with Gasteiger partial charge >= 0.3 is 5.97 Å². The van der Waals surface area contributed by atoms with Crippen LogP contribution in [-0.2, 0) is 17.6 Å². The maximum absolute atomic E-state index is 11.0. The van der Waals surface area contributed by atoms with Gasteiger partial charge in [-0.05, 0) is 36.5 Å². The Morgan fingerprint density at radius 2 is 2.00 bits per heavy atom. The van der Waals surface area contributed by atoms with Gasteiger partial charge in [-0.2, -0.15) is 0 Å². The molecule has 1 aromatic carbocycles. The molecule has 0 aromatic heterocycles. The lowest BCUT2D eigenvalue weighted by atomic mass is 9.94. The van der Waals surface area contributed by atoms with Crippen molar-refractivity contribution in [3.05, 3.63) is 28.8 Å². The van der Waals surface area contributed by atoms with Crippen LogP contribution >= 0.6 is 0 Å². The average Bonchev–Trinajstić information content (AvgIpc) is 2.65. The number of aryl methyl sites for hydroxylation is 2. The van der Waals surface area contributed by atoms with E-state index in [1.807, 2.05) is 0 Å². The largest absolute Gasteiger partial charge is 0.508 e. The van der Waals surface area contributed by atoms with E-state index < -0.39 is 11.9 Å². The van der Waals surface area contributed by atoms with E-state index in [0.717, 1.165) is 30.4 Å². The first-order chi connectivity index (χ1) is 7.63. The molecule has 0 radical (unpaired) electrons. The van der Waals surface area contributed by atoms with Crippen molar-refractivity contribution in [1.29, 1.82) is 0 Å². The molecule has 4 nitrogen and oxygen atoms in total. The molecule has 4 N–H and O–H groups in total. The molecule has 0 heterocycles. The first kappa shape index (κ1) is 11.0. The van der Waals surface area contributed by atoms with Crippen LogP contribution in [0.4, 0.5) is 0 Å². The zero-order valence-corrected chi connectivity index (χ0v) is 8.94. The average molecular weight is 221 g/mol. The Kier molecular flexibility index (Phi) is 2.83. The molecule has 0 bridgehead atoms. The Morgan fingerprint density at radius 1 is 1.38 bits per heavy atom. The van der Waals surface area contributed by atoms with Gasteiger partial charge in [0.05, 0.1) is 5.92 Å². The van der Waals surface area contributed by atoms with Crippen LogP contribution in [0, 0.1) is 0 Å². The van der Waals surface area contributed by atoms with E-state index in [2.05, 4.69) is 0 Å². The van der Waals surface area contributed by atoms with Crippen LogP contribution in [0.3, 0.4) is 0 Å². The number of benzene rings is 1. The first-order valence-electron chi connectivity index (χ1n) is 5.41. The number of phenolic OH excluding ortho intramolecular Hbond substituents is 1. The normalized spacial score (nSPS) is 15.8. The van der Waals surface area contributed by atoms with Gasteiger partial charge < -0.3 is 15.9 Å². The third-order valence-corrected chi connectivity index (χ3v) is 3.15. The topological polar surface area (TPSA) is 83.6 Å². The summed E-state index contributed by atoms with van der Waals surface area (Å²) in [5.41, 5.74) is 8.14. The highest BCUT2D eigenvalue weighted by molar-refractivity contribution is 5.77. The smallest absolute Gasteiger partial charge is 0.312 e. The Balaban J connectivity index is 2.44. The molecule has 1 aromatic rings. The third kappa shape index (κ3) is 1.76. The summed E-state index contributed by atoms with van der Waals surface area (Å²) in [6.07, 6.45) is 2.99. The molecular formula is C12H15NO3. The number of nitrogens with two attached hydrogens (primary N) is 1. The van der Waals surface area contributed by atoms with E-state index in [1.165, 1.54) is 0 Å². The molecule has 0 spiro atoms. The molecule has 0 aliphatic heterocycles. The monoisotopic (exact) mass is 221 g/mol. The van der Waals surface area contributed by atoms with Crippen LogP contribution < -0.4 is 5.73 Å². The minimum Gasteiger partial charge on any atom is -0.508 e. The molecule has 16 heavy (non-hydrogen) atoms. The summed E-state index contributed by atoms with van der Waals surface area (Å²) < 4.78 is 0. The highest BCUT2D eigenvalue weighted by Gasteiger charge is 2.24. The van der Waals surface area contributed by atoms with Crippen molar-refractivity contribution in [2.24, 2.45) is 5.73 Å². The standard InChI is InChI=1S/C12H15NO3/c13-6-10(12(15)16)9-4-7-2-1-3-8(7)5-11(9)14/h4-5,10,14H,1-3,6,13H2,(H,15,16). The Hall–Kier alpha value is -1.55. The predicted octanol–water partition coefficient (Wildman–Crippen LogP) is 1.01. The Labute approximate surface area is 93.7 Å². The summed E-state index contributed by atoms with van der Waals surface area (Å²) in [6, 6.07) is 3.48. The number of aliphatic carboxylic acids is 1. The third-order valence-electron chi connectivity index (χ3n) is 3.15. The number of carboxylic acid groups (broad SMARTS) is 1. The molecule has 0 saturated carbocycles. The SMILES string of the molecule is NCC(C(=O)O)c1cc2c(cc1O)CCC2. The van der Waals surface area contributed by atoms with Gasteiger partial charge in [0.25, 0.3) is 0 Å². The van der Waals surface area contributed by atoms with Crippen molar-refractivity contribution in [3.8, 4) is 5.75 Å². The number of hydrogen-bond donors (Lipinski definition) is 3. The number of carbonyl (C=O) groups is 1. The molecule has 1 unspecified atom stereocenters. The van der Waals surface area contributed by atoms with E-state index in [1.54, 1.807) is 12.1 Å². The number of phenols is 1. The van der Waals surface area contributed by atoms with Crippen LogP contribution in [0.25, 0.3) is 0 Å². The molecular weight excluding hydrogens is 206 g/mol. The highest BCUT2D eigenvalue weighted by Crippen LogP contribution is 2.33. The van der Waals surface area contributed by atoms with Gasteiger partial charge in [0.1, 0.15) is 5.75 Å². The van der Waals surface area contributed by atoms with Gasteiger partial charge in [0, 0.05) is 12.1 Å². The lowest BCUT2D eigenvalue weighted by molar-refractivity contribution is -0.138. The zero-order valence-electron chi connectivity index (χ0n) is 8.94. The summed E-state index contributed by atoms with van der Waals surface area (Å²) >= 11 is 0. The van der Waals surface area contributed by atoms with Gasteiger partial charge in [-0.3, -0.25) is 4.79 Å². The van der Waals surface area contributed by atoms with E-state index in [4.69, 9.17) is 10.8 Å². The molecule has 0 fully saturated rings. The molecule has 4 heteroatoms. The van der Waals surface area contributed by atoms with Crippen molar-refractivity contribution in [2.45, 2.75) is 25.2 Å². The second-order valence-corrected chi connectivity index (χ2v) is 4.16. The summed E-state index contributed by atoms with van der Waals surface area (Å²) in [6.45, 7) is 0.00167. The second-order valence-electron chi connectivity index (χ2n) is 4.16. The molecule has 0 amide bonds. The fourth-order valence-electron chi connectivity index (χ4n) is 2.27. The lowest BCUT2D eigenvalue weighted by Gasteiger charge is -2.13. The lowest BCUT2D eigenvalue weighted by Crippen LogP contribution is -2.21. The zero-order chi connectivity index (χ0) is 11.7. The fraction of sp³-hybridized carbons (Fsp3) is 0.417. The van der Waals surface area contributed by atoms with Crippen molar-refractivity contribution < 1.29 is 15.0 Å². The van der Waals surface area contributed by atoms with Crippen molar-refractivity contribution in [1.82, 2.24) is 0 Å². The molecule has 1 aliphatic rings. The van der Waals surface area contributed by atoms with Crippen molar-refractivity contribution in [3.63, 3.8) is 0 Å². The van der Waals surface area contributed by atoms with E-state index in [0.29, 0.717) is 5.56 Å². The highest BCUT2D eigenvalue weighted by atomic mass is 16.4. The number of aromatic hydroxyl groups is 1.